The fourth-order valence-corrected chi connectivity index (χ4v) is 6.59. The molecule has 3 aliphatic rings. The maximum Gasteiger partial charge on any atom is 0.211 e. The summed E-state index contributed by atoms with van der Waals surface area (Å²) in [6.45, 7) is 1.88. The smallest absolute Gasteiger partial charge is 0.211 e. The van der Waals surface area contributed by atoms with Gasteiger partial charge in [-0.1, -0.05) is 30.2 Å². The third kappa shape index (κ3) is 4.81. The highest BCUT2D eigenvalue weighted by atomic mass is 35.5. The minimum atomic E-state index is -3.17. The molecule has 1 aromatic heterocycles. The molecule has 0 amide bonds. The first kappa shape index (κ1) is 23.1. The van der Waals surface area contributed by atoms with Crippen LogP contribution in [0.1, 0.15) is 55.0 Å². The van der Waals surface area contributed by atoms with Crippen LogP contribution in [0.4, 0.5) is 0 Å². The Morgan fingerprint density at radius 1 is 1.23 bits per heavy atom. The minimum Gasteiger partial charge on any atom is -0.307 e. The molecule has 0 bridgehead atoms. The molecule has 1 unspecified atom stereocenters. The SMILES string of the molecule is Cl.O=S(=O)(CC1CC1)NCCn1cc2c(n1)C(C1(c3ccc(Cl)cc3)CCC1)NCC2. The van der Waals surface area contributed by atoms with Crippen LogP contribution < -0.4 is 10.0 Å². The molecule has 31 heavy (non-hydrogen) atoms. The molecule has 2 heterocycles. The summed E-state index contributed by atoms with van der Waals surface area (Å²) in [5, 5.41) is 9.41. The van der Waals surface area contributed by atoms with E-state index in [0.29, 0.717) is 19.0 Å². The molecule has 2 fully saturated rings. The maximum absolute atomic E-state index is 12.1. The van der Waals surface area contributed by atoms with Gasteiger partial charge in [0.05, 0.1) is 24.0 Å². The number of rotatable bonds is 8. The van der Waals surface area contributed by atoms with E-state index in [1.807, 2.05) is 16.8 Å². The third-order valence-electron chi connectivity index (χ3n) is 6.92. The molecule has 1 aromatic carbocycles. The van der Waals surface area contributed by atoms with Crippen LogP contribution in [0, 0.1) is 5.92 Å². The highest BCUT2D eigenvalue weighted by Crippen LogP contribution is 2.53. The molecule has 2 aliphatic carbocycles. The summed E-state index contributed by atoms with van der Waals surface area (Å²) in [5.74, 6) is 0.621. The van der Waals surface area contributed by atoms with Crippen LogP contribution in [0.3, 0.4) is 0 Å². The van der Waals surface area contributed by atoms with E-state index in [-0.39, 0.29) is 29.6 Å². The first-order chi connectivity index (χ1) is 14.5. The lowest BCUT2D eigenvalue weighted by molar-refractivity contribution is 0.161. The molecule has 170 valence electrons. The van der Waals surface area contributed by atoms with E-state index in [1.165, 1.54) is 17.5 Å². The standard InChI is InChI=1S/C22H29ClN4O2S.ClH/c23-19-6-4-18(5-7-19)22(9-1-10-22)21-20-17(8-11-24-21)14-27(26-20)13-12-25-30(28,29)15-16-2-3-16;/h4-7,14,16,21,24-25H,1-3,8-13,15H2;1H. The van der Waals surface area contributed by atoms with Crippen molar-refractivity contribution in [2.45, 2.75) is 56.5 Å². The van der Waals surface area contributed by atoms with E-state index < -0.39 is 10.0 Å². The van der Waals surface area contributed by atoms with Crippen LogP contribution in [0.15, 0.2) is 30.5 Å². The zero-order valence-corrected chi connectivity index (χ0v) is 19.9. The van der Waals surface area contributed by atoms with Gasteiger partial charge in [0, 0.05) is 23.2 Å². The topological polar surface area (TPSA) is 76.0 Å². The van der Waals surface area contributed by atoms with E-state index in [9.17, 15) is 8.42 Å². The van der Waals surface area contributed by atoms with Crippen molar-refractivity contribution in [3.8, 4) is 0 Å². The number of halogens is 2. The average molecular weight is 485 g/mol. The van der Waals surface area contributed by atoms with Gasteiger partial charge in [0.25, 0.3) is 0 Å². The molecule has 2 aromatic rings. The molecule has 9 heteroatoms. The van der Waals surface area contributed by atoms with Crippen molar-refractivity contribution in [1.82, 2.24) is 19.8 Å². The van der Waals surface area contributed by atoms with Gasteiger partial charge in [-0.15, -0.1) is 12.4 Å². The Labute approximate surface area is 195 Å². The number of sulfonamides is 1. The lowest BCUT2D eigenvalue weighted by Crippen LogP contribution is -2.49. The first-order valence-electron chi connectivity index (χ1n) is 11.0. The van der Waals surface area contributed by atoms with E-state index in [2.05, 4.69) is 28.4 Å². The predicted molar refractivity (Wildman–Crippen MR) is 125 cm³/mol. The van der Waals surface area contributed by atoms with E-state index in [0.717, 1.165) is 49.4 Å². The van der Waals surface area contributed by atoms with E-state index in [4.69, 9.17) is 16.7 Å². The van der Waals surface area contributed by atoms with Crippen molar-refractivity contribution in [2.75, 3.05) is 18.8 Å². The predicted octanol–water partition coefficient (Wildman–Crippen LogP) is 3.60. The number of fused-ring (bicyclic) bond motifs is 1. The van der Waals surface area contributed by atoms with Gasteiger partial charge in [-0.25, -0.2) is 13.1 Å². The number of hydrogen-bond acceptors (Lipinski definition) is 4. The molecule has 6 nitrogen and oxygen atoms in total. The highest BCUT2D eigenvalue weighted by Gasteiger charge is 2.48. The number of hydrogen-bond donors (Lipinski definition) is 2. The quantitative estimate of drug-likeness (QED) is 0.599. The second kappa shape index (κ2) is 9.02. The summed E-state index contributed by atoms with van der Waals surface area (Å²) in [6.07, 6.45) is 8.63. The summed E-state index contributed by atoms with van der Waals surface area (Å²) in [6, 6.07) is 8.45. The number of nitrogens with one attached hydrogen (secondary N) is 2. The number of nitrogens with zero attached hydrogens (tertiary/aromatic N) is 2. The first-order valence-corrected chi connectivity index (χ1v) is 13.0. The zero-order chi connectivity index (χ0) is 20.8. The largest absolute Gasteiger partial charge is 0.307 e. The highest BCUT2D eigenvalue weighted by molar-refractivity contribution is 7.89. The van der Waals surface area contributed by atoms with E-state index in [1.54, 1.807) is 0 Å². The summed E-state index contributed by atoms with van der Waals surface area (Å²) in [5.41, 5.74) is 3.78. The zero-order valence-electron chi connectivity index (χ0n) is 17.5. The van der Waals surface area contributed by atoms with Gasteiger partial charge in [0.2, 0.25) is 10.0 Å². The summed E-state index contributed by atoms with van der Waals surface area (Å²) in [4.78, 5) is 0. The molecule has 1 aliphatic heterocycles. The Hall–Kier alpha value is -1.12. The van der Waals surface area contributed by atoms with Gasteiger partial charge in [-0.2, -0.15) is 5.10 Å². The van der Waals surface area contributed by atoms with Crippen molar-refractivity contribution < 1.29 is 8.42 Å². The Balaban J connectivity index is 0.00000231. The molecule has 0 radical (unpaired) electrons. The van der Waals surface area contributed by atoms with Gasteiger partial charge in [-0.3, -0.25) is 4.68 Å². The van der Waals surface area contributed by atoms with Crippen molar-refractivity contribution in [1.29, 1.82) is 0 Å². The van der Waals surface area contributed by atoms with Crippen molar-refractivity contribution >= 4 is 34.0 Å². The Morgan fingerprint density at radius 3 is 2.61 bits per heavy atom. The van der Waals surface area contributed by atoms with E-state index >= 15 is 0 Å². The minimum absolute atomic E-state index is 0. The molecule has 0 spiro atoms. The summed E-state index contributed by atoms with van der Waals surface area (Å²) < 4.78 is 28.9. The number of aromatic nitrogens is 2. The number of benzene rings is 1. The normalized spacial score (nSPS) is 22.3. The van der Waals surface area contributed by atoms with Crippen LogP contribution in [0.2, 0.25) is 5.02 Å². The van der Waals surface area contributed by atoms with Crippen LogP contribution >= 0.6 is 24.0 Å². The monoisotopic (exact) mass is 484 g/mol. The average Bonchev–Trinajstić information content (AvgIpc) is 3.37. The summed E-state index contributed by atoms with van der Waals surface area (Å²) in [7, 11) is -3.17. The van der Waals surface area contributed by atoms with Crippen molar-refractivity contribution in [2.24, 2.45) is 5.92 Å². The Morgan fingerprint density at radius 2 is 1.97 bits per heavy atom. The molecule has 2 saturated carbocycles. The van der Waals surface area contributed by atoms with Crippen LogP contribution in [-0.2, 0) is 28.4 Å². The molecule has 1 atom stereocenters. The fourth-order valence-electron chi connectivity index (χ4n) is 4.99. The third-order valence-corrected chi connectivity index (χ3v) is 8.72. The van der Waals surface area contributed by atoms with Gasteiger partial charge < -0.3 is 5.32 Å². The second-order valence-electron chi connectivity index (χ2n) is 9.08. The molecule has 0 saturated heterocycles. The van der Waals surface area contributed by atoms with Gasteiger partial charge in [0.15, 0.2) is 0 Å². The lowest BCUT2D eigenvalue weighted by atomic mass is 9.58. The lowest BCUT2D eigenvalue weighted by Gasteiger charge is -2.49. The van der Waals surface area contributed by atoms with Gasteiger partial charge in [0.1, 0.15) is 0 Å². The van der Waals surface area contributed by atoms with Gasteiger partial charge >= 0.3 is 0 Å². The Bertz CT molecular complexity index is 1010. The fraction of sp³-hybridized carbons (Fsp3) is 0.591. The summed E-state index contributed by atoms with van der Waals surface area (Å²) >= 11 is 6.12. The molecule has 5 rings (SSSR count). The van der Waals surface area contributed by atoms with Crippen LogP contribution in [0.25, 0.3) is 0 Å². The van der Waals surface area contributed by atoms with Crippen molar-refractivity contribution in [3.05, 3.63) is 52.3 Å². The molecular formula is C22H30Cl2N4O2S. The van der Waals surface area contributed by atoms with Crippen LogP contribution in [0.5, 0.6) is 0 Å². The molecular weight excluding hydrogens is 455 g/mol. The Kier molecular flexibility index (Phi) is 6.71. The van der Waals surface area contributed by atoms with Gasteiger partial charge in [-0.05, 0) is 67.8 Å². The van der Waals surface area contributed by atoms with Crippen molar-refractivity contribution in [3.63, 3.8) is 0 Å². The van der Waals surface area contributed by atoms with Crippen LogP contribution in [-0.4, -0.2) is 37.0 Å². The molecule has 2 N–H and O–H groups in total. The maximum atomic E-state index is 12.1. The second-order valence-corrected chi connectivity index (χ2v) is 11.4.